The van der Waals surface area contributed by atoms with Gasteiger partial charge in [-0.3, -0.25) is 0 Å². The van der Waals surface area contributed by atoms with E-state index in [9.17, 15) is 8.42 Å². The van der Waals surface area contributed by atoms with Crippen LogP contribution in [0.2, 0.25) is 0 Å². The van der Waals surface area contributed by atoms with Crippen LogP contribution in [-0.4, -0.2) is 55.4 Å². The van der Waals surface area contributed by atoms with Gasteiger partial charge in [-0.25, -0.2) is 0 Å². The summed E-state index contributed by atoms with van der Waals surface area (Å²) in [6, 6.07) is 10.5. The van der Waals surface area contributed by atoms with Crippen LogP contribution in [0.25, 0.3) is 0 Å². The van der Waals surface area contributed by atoms with Crippen molar-refractivity contribution in [1.82, 2.24) is 8.61 Å². The second-order valence-corrected chi connectivity index (χ2v) is 9.04. The summed E-state index contributed by atoms with van der Waals surface area (Å²) in [5, 5.41) is 0. The standard InChI is InChI=1S/C18H28N2O3S/c1-15-13-20(14-16(2)23-15)24(21,22)19-10-8-18(9-11-19)12-17-6-4-3-5-7-17/h3-7,15-16,18H,8-14H2,1-2H3/t15-,16-/m1/s1. The molecule has 1 aromatic carbocycles. The second-order valence-electron chi connectivity index (χ2n) is 7.11. The smallest absolute Gasteiger partial charge is 0.282 e. The van der Waals surface area contributed by atoms with E-state index < -0.39 is 10.2 Å². The van der Waals surface area contributed by atoms with Crippen LogP contribution >= 0.6 is 0 Å². The maximum Gasteiger partial charge on any atom is 0.282 e. The first-order chi connectivity index (χ1) is 11.4. The van der Waals surface area contributed by atoms with Gasteiger partial charge in [-0.2, -0.15) is 17.0 Å². The Morgan fingerprint density at radius 1 is 1.00 bits per heavy atom. The Morgan fingerprint density at radius 3 is 2.17 bits per heavy atom. The number of benzene rings is 1. The van der Waals surface area contributed by atoms with Crippen LogP contribution in [0.5, 0.6) is 0 Å². The lowest BCUT2D eigenvalue weighted by Crippen LogP contribution is -2.54. The van der Waals surface area contributed by atoms with E-state index >= 15 is 0 Å². The SMILES string of the molecule is C[C@@H]1CN(S(=O)(=O)N2CCC(Cc3ccccc3)CC2)C[C@@H](C)O1. The van der Waals surface area contributed by atoms with Crippen LogP contribution in [0.3, 0.4) is 0 Å². The Balaban J connectivity index is 1.57. The molecule has 0 aliphatic carbocycles. The lowest BCUT2D eigenvalue weighted by Gasteiger charge is -2.39. The van der Waals surface area contributed by atoms with Gasteiger partial charge >= 0.3 is 0 Å². The quantitative estimate of drug-likeness (QED) is 0.835. The first-order valence-electron chi connectivity index (χ1n) is 8.89. The van der Waals surface area contributed by atoms with E-state index in [1.54, 1.807) is 8.61 Å². The Labute approximate surface area is 145 Å². The number of rotatable bonds is 4. The van der Waals surface area contributed by atoms with Gasteiger partial charge in [0.05, 0.1) is 12.2 Å². The molecular formula is C18H28N2O3S. The molecule has 24 heavy (non-hydrogen) atoms. The maximum absolute atomic E-state index is 12.9. The van der Waals surface area contributed by atoms with Crippen molar-refractivity contribution in [2.24, 2.45) is 5.92 Å². The van der Waals surface area contributed by atoms with Gasteiger partial charge in [-0.1, -0.05) is 30.3 Å². The summed E-state index contributed by atoms with van der Waals surface area (Å²) in [6.45, 7) is 6.03. The first-order valence-corrected chi connectivity index (χ1v) is 10.3. The van der Waals surface area contributed by atoms with Crippen molar-refractivity contribution in [3.8, 4) is 0 Å². The number of hydrogen-bond acceptors (Lipinski definition) is 3. The van der Waals surface area contributed by atoms with Crippen molar-refractivity contribution in [3.63, 3.8) is 0 Å². The monoisotopic (exact) mass is 352 g/mol. The minimum Gasteiger partial charge on any atom is -0.373 e. The summed E-state index contributed by atoms with van der Waals surface area (Å²) in [5.74, 6) is 0.571. The molecule has 0 aromatic heterocycles. The number of morpholine rings is 1. The third kappa shape index (κ3) is 4.17. The molecule has 0 radical (unpaired) electrons. The third-order valence-electron chi connectivity index (χ3n) is 4.98. The van der Waals surface area contributed by atoms with Crippen LogP contribution in [0, 0.1) is 5.92 Å². The summed E-state index contributed by atoms with van der Waals surface area (Å²) in [5.41, 5.74) is 1.34. The third-order valence-corrected chi connectivity index (χ3v) is 6.95. The highest BCUT2D eigenvalue weighted by molar-refractivity contribution is 7.86. The van der Waals surface area contributed by atoms with Crippen molar-refractivity contribution < 1.29 is 13.2 Å². The van der Waals surface area contributed by atoms with E-state index in [2.05, 4.69) is 24.3 Å². The fourth-order valence-electron chi connectivity index (χ4n) is 3.77. The van der Waals surface area contributed by atoms with Crippen LogP contribution < -0.4 is 0 Å². The Bertz CT molecular complexity index is 617. The molecule has 2 heterocycles. The molecule has 0 unspecified atom stereocenters. The van der Waals surface area contributed by atoms with Gasteiger partial charge < -0.3 is 4.74 Å². The van der Waals surface area contributed by atoms with Gasteiger partial charge in [0.15, 0.2) is 0 Å². The Morgan fingerprint density at radius 2 is 1.58 bits per heavy atom. The minimum absolute atomic E-state index is 0.0425. The Hall–Kier alpha value is -0.950. The molecule has 2 aliphatic heterocycles. The molecule has 1 aromatic rings. The largest absolute Gasteiger partial charge is 0.373 e. The van der Waals surface area contributed by atoms with E-state index in [0.29, 0.717) is 32.1 Å². The number of nitrogens with zero attached hydrogens (tertiary/aromatic N) is 2. The van der Waals surface area contributed by atoms with E-state index in [-0.39, 0.29) is 12.2 Å². The number of ether oxygens (including phenoxy) is 1. The van der Waals surface area contributed by atoms with Gasteiger partial charge in [0.2, 0.25) is 0 Å². The molecule has 0 amide bonds. The van der Waals surface area contributed by atoms with Crippen LogP contribution in [0.1, 0.15) is 32.3 Å². The molecule has 0 bridgehead atoms. The molecular weight excluding hydrogens is 324 g/mol. The molecule has 5 nitrogen and oxygen atoms in total. The molecule has 2 aliphatic rings. The molecule has 2 saturated heterocycles. The fourth-order valence-corrected chi connectivity index (χ4v) is 5.57. The molecule has 0 saturated carbocycles. The highest BCUT2D eigenvalue weighted by Crippen LogP contribution is 2.26. The van der Waals surface area contributed by atoms with E-state index in [1.807, 2.05) is 19.9 Å². The van der Waals surface area contributed by atoms with Crippen LogP contribution in [0.15, 0.2) is 30.3 Å². The average Bonchev–Trinajstić information content (AvgIpc) is 2.55. The first kappa shape index (κ1) is 17.9. The Kier molecular flexibility index (Phi) is 5.59. The molecule has 2 atom stereocenters. The summed E-state index contributed by atoms with van der Waals surface area (Å²) < 4.78 is 34.7. The predicted octanol–water partition coefficient (Wildman–Crippen LogP) is 2.30. The van der Waals surface area contributed by atoms with Gasteiger partial charge in [0, 0.05) is 26.2 Å². The van der Waals surface area contributed by atoms with Crippen molar-refractivity contribution in [2.75, 3.05) is 26.2 Å². The van der Waals surface area contributed by atoms with E-state index in [4.69, 9.17) is 4.74 Å². The second kappa shape index (κ2) is 7.52. The van der Waals surface area contributed by atoms with Crippen LogP contribution in [0.4, 0.5) is 0 Å². The molecule has 0 N–H and O–H groups in total. The highest BCUT2D eigenvalue weighted by atomic mass is 32.2. The van der Waals surface area contributed by atoms with Gasteiger partial charge in [-0.15, -0.1) is 0 Å². The maximum atomic E-state index is 12.9. The van der Waals surface area contributed by atoms with E-state index in [1.165, 1.54) is 5.56 Å². The van der Waals surface area contributed by atoms with Crippen LogP contribution in [-0.2, 0) is 21.4 Å². The van der Waals surface area contributed by atoms with Crippen molar-refractivity contribution in [1.29, 1.82) is 0 Å². The van der Waals surface area contributed by atoms with Gasteiger partial charge in [0.1, 0.15) is 0 Å². The normalized spacial score (nSPS) is 28.1. The molecule has 3 rings (SSSR count). The highest BCUT2D eigenvalue weighted by Gasteiger charge is 2.36. The number of hydrogen-bond donors (Lipinski definition) is 0. The zero-order valence-electron chi connectivity index (χ0n) is 14.6. The number of piperidine rings is 1. The van der Waals surface area contributed by atoms with Crippen molar-refractivity contribution >= 4 is 10.2 Å². The zero-order valence-corrected chi connectivity index (χ0v) is 15.4. The summed E-state index contributed by atoms with van der Waals surface area (Å²) in [6.07, 6.45) is 2.83. The summed E-state index contributed by atoms with van der Waals surface area (Å²) in [7, 11) is -3.36. The molecule has 0 spiro atoms. The molecule has 2 fully saturated rings. The fraction of sp³-hybridized carbons (Fsp3) is 0.667. The predicted molar refractivity (Wildman–Crippen MR) is 94.9 cm³/mol. The van der Waals surface area contributed by atoms with Crippen molar-refractivity contribution in [3.05, 3.63) is 35.9 Å². The molecule has 6 heteroatoms. The van der Waals surface area contributed by atoms with Gasteiger partial charge in [-0.05, 0) is 44.6 Å². The lowest BCUT2D eigenvalue weighted by molar-refractivity contribution is -0.0456. The minimum atomic E-state index is -3.36. The van der Waals surface area contributed by atoms with Crippen molar-refractivity contribution in [2.45, 2.75) is 45.3 Å². The van der Waals surface area contributed by atoms with Gasteiger partial charge in [0.25, 0.3) is 10.2 Å². The topological polar surface area (TPSA) is 49.9 Å². The summed E-state index contributed by atoms with van der Waals surface area (Å²) >= 11 is 0. The molecule has 134 valence electrons. The zero-order chi connectivity index (χ0) is 17.2. The van der Waals surface area contributed by atoms with E-state index in [0.717, 1.165) is 19.3 Å². The lowest BCUT2D eigenvalue weighted by atomic mass is 9.91. The average molecular weight is 353 g/mol. The summed E-state index contributed by atoms with van der Waals surface area (Å²) in [4.78, 5) is 0.